The third kappa shape index (κ3) is 6.27. The second-order valence-corrected chi connectivity index (χ2v) is 11.3. The van der Waals surface area contributed by atoms with Crippen molar-refractivity contribution in [2.24, 2.45) is 0 Å². The van der Waals surface area contributed by atoms with Crippen LogP contribution in [0.15, 0.2) is 96.2 Å². The van der Waals surface area contributed by atoms with Gasteiger partial charge in [0.2, 0.25) is 0 Å². The van der Waals surface area contributed by atoms with Gasteiger partial charge >= 0.3 is 6.18 Å². The molecule has 2 amide bonds. The Balaban J connectivity index is 1.35. The minimum absolute atomic E-state index is 0.123. The zero-order chi connectivity index (χ0) is 29.9. The molecule has 1 aliphatic rings. The molecular weight excluding hydrogens is 559 g/mol. The van der Waals surface area contributed by atoms with Crippen molar-refractivity contribution in [3.05, 3.63) is 119 Å². The molecule has 3 aromatic carbocycles. The lowest BCUT2D eigenvalue weighted by atomic mass is 9.98. The van der Waals surface area contributed by atoms with Gasteiger partial charge in [-0.1, -0.05) is 42.5 Å². The van der Waals surface area contributed by atoms with Crippen LogP contribution in [-0.2, 0) is 6.18 Å². The van der Waals surface area contributed by atoms with Gasteiger partial charge in [-0.05, 0) is 97.3 Å². The van der Waals surface area contributed by atoms with Crippen LogP contribution in [0.2, 0.25) is 0 Å². The molecule has 0 saturated heterocycles. The second-order valence-electron chi connectivity index (χ2n) is 10.2. The summed E-state index contributed by atoms with van der Waals surface area (Å²) < 4.78 is 43.5. The zero-order valence-electron chi connectivity index (χ0n) is 23.3. The summed E-state index contributed by atoms with van der Waals surface area (Å²) in [6.07, 6.45) is 0.149. The molecule has 0 bridgehead atoms. The molecule has 0 aliphatic carbocycles. The number of unbranched alkanes of at least 4 members (excludes halogenated alkanes) is 1. The first-order chi connectivity index (χ1) is 20.1. The number of pyridine rings is 1. The molecule has 216 valence electrons. The van der Waals surface area contributed by atoms with E-state index in [2.05, 4.69) is 11.1 Å². The van der Waals surface area contributed by atoms with Gasteiger partial charge in [-0.3, -0.25) is 19.5 Å². The lowest BCUT2D eigenvalue weighted by Crippen LogP contribution is -2.31. The number of rotatable bonds is 10. The Bertz CT molecular complexity index is 1570. The highest BCUT2D eigenvalue weighted by atomic mass is 32.2. The van der Waals surface area contributed by atoms with Gasteiger partial charge in [0.05, 0.1) is 16.7 Å². The van der Waals surface area contributed by atoms with Crippen molar-refractivity contribution in [2.75, 3.05) is 13.1 Å². The summed E-state index contributed by atoms with van der Waals surface area (Å²) in [5.74, 6) is -0.616. The molecule has 42 heavy (non-hydrogen) atoms. The predicted octanol–water partition coefficient (Wildman–Crippen LogP) is 8.22. The number of nitrogens with zero attached hydrogens (tertiary/aromatic N) is 3. The molecule has 5 nitrogen and oxygen atoms in total. The number of imide groups is 1. The standard InChI is InChI=1S/C33H30F3N3O2S/c1-22-21-37-17-16-26(22)25-11-9-10-24(20-25)23(2)39(42-30-15-6-5-14-29(30)33(34,35)36)19-8-7-18-38-31(40)27-12-3-4-13-28(27)32(38)41/h3-6,9-17,20-21,23H,7-8,18-19H2,1-2H3. The SMILES string of the molecule is Cc1cnccc1-c1cccc(C(C)N(CCCCN2C(=O)c3ccccc3C2=O)Sc2ccccc2C(F)(F)F)c1. The van der Waals surface area contributed by atoms with Gasteiger partial charge in [-0.25, -0.2) is 4.31 Å². The first-order valence-electron chi connectivity index (χ1n) is 13.7. The molecule has 2 heterocycles. The molecule has 0 fully saturated rings. The summed E-state index contributed by atoms with van der Waals surface area (Å²) in [6.45, 7) is 4.66. The molecule has 0 N–H and O–H groups in total. The quantitative estimate of drug-likeness (QED) is 0.106. The Labute approximate surface area is 247 Å². The molecule has 0 saturated carbocycles. The first kappa shape index (κ1) is 29.5. The summed E-state index contributed by atoms with van der Waals surface area (Å²) >= 11 is 1.08. The van der Waals surface area contributed by atoms with Crippen molar-refractivity contribution in [1.29, 1.82) is 0 Å². The number of carbonyl (C=O) groups excluding carboxylic acids is 2. The normalized spacial score (nSPS) is 14.0. The minimum atomic E-state index is -4.48. The lowest BCUT2D eigenvalue weighted by molar-refractivity contribution is -0.139. The number of aromatic nitrogens is 1. The van der Waals surface area contributed by atoms with Gasteiger partial charge in [-0.15, -0.1) is 0 Å². The number of aryl methyl sites for hydroxylation is 1. The average molecular weight is 590 g/mol. The van der Waals surface area contributed by atoms with Gasteiger partial charge in [0, 0.05) is 36.4 Å². The van der Waals surface area contributed by atoms with E-state index in [1.165, 1.54) is 17.0 Å². The molecule has 1 unspecified atom stereocenters. The fourth-order valence-corrected chi connectivity index (χ4v) is 6.31. The lowest BCUT2D eigenvalue weighted by Gasteiger charge is -2.30. The van der Waals surface area contributed by atoms with E-state index in [-0.39, 0.29) is 29.3 Å². The van der Waals surface area contributed by atoms with Crippen LogP contribution < -0.4 is 0 Å². The van der Waals surface area contributed by atoms with E-state index < -0.39 is 11.7 Å². The van der Waals surface area contributed by atoms with Gasteiger partial charge in [0.15, 0.2) is 0 Å². The smallest absolute Gasteiger partial charge is 0.274 e. The van der Waals surface area contributed by atoms with E-state index in [9.17, 15) is 22.8 Å². The number of hydrogen-bond acceptors (Lipinski definition) is 5. The summed E-state index contributed by atoms with van der Waals surface area (Å²) in [4.78, 5) is 31.1. The molecule has 1 atom stereocenters. The van der Waals surface area contributed by atoms with Crippen LogP contribution in [0, 0.1) is 6.92 Å². The maximum atomic E-state index is 13.9. The van der Waals surface area contributed by atoms with E-state index in [1.54, 1.807) is 42.7 Å². The Morgan fingerprint density at radius 1 is 0.881 bits per heavy atom. The minimum Gasteiger partial charge on any atom is -0.274 e. The Morgan fingerprint density at radius 2 is 1.57 bits per heavy atom. The van der Waals surface area contributed by atoms with E-state index in [0.29, 0.717) is 30.5 Å². The Morgan fingerprint density at radius 3 is 2.26 bits per heavy atom. The molecule has 4 aromatic rings. The number of fused-ring (bicyclic) bond motifs is 1. The highest BCUT2D eigenvalue weighted by Crippen LogP contribution is 2.41. The third-order valence-electron chi connectivity index (χ3n) is 7.43. The highest BCUT2D eigenvalue weighted by molar-refractivity contribution is 7.97. The fourth-order valence-electron chi connectivity index (χ4n) is 5.13. The largest absolute Gasteiger partial charge is 0.417 e. The van der Waals surface area contributed by atoms with Crippen LogP contribution in [0.4, 0.5) is 13.2 Å². The van der Waals surface area contributed by atoms with Crippen LogP contribution in [-0.4, -0.2) is 39.1 Å². The number of alkyl halides is 3. The van der Waals surface area contributed by atoms with Crippen LogP contribution in [0.1, 0.15) is 63.2 Å². The molecule has 0 spiro atoms. The molecule has 9 heteroatoms. The first-order valence-corrected chi connectivity index (χ1v) is 14.5. The van der Waals surface area contributed by atoms with Crippen molar-refractivity contribution in [3.63, 3.8) is 0 Å². The summed E-state index contributed by atoms with van der Waals surface area (Å²) in [5.41, 5.74) is 4.16. The van der Waals surface area contributed by atoms with Crippen molar-refractivity contribution >= 4 is 23.8 Å². The molecule has 5 rings (SSSR count). The van der Waals surface area contributed by atoms with Gasteiger partial charge < -0.3 is 0 Å². The second kappa shape index (κ2) is 12.5. The summed E-state index contributed by atoms with van der Waals surface area (Å²) in [7, 11) is 0. The molecule has 1 aliphatic heterocycles. The van der Waals surface area contributed by atoms with Crippen molar-refractivity contribution in [1.82, 2.24) is 14.2 Å². The predicted molar refractivity (Wildman–Crippen MR) is 158 cm³/mol. The molecular formula is C33H30F3N3O2S. The summed E-state index contributed by atoms with van der Waals surface area (Å²) in [6, 6.07) is 22.1. The van der Waals surface area contributed by atoms with Crippen LogP contribution >= 0.6 is 11.9 Å². The number of hydrogen-bond donors (Lipinski definition) is 0. The summed E-state index contributed by atoms with van der Waals surface area (Å²) in [5, 5.41) is 0. The molecule has 0 radical (unpaired) electrons. The van der Waals surface area contributed by atoms with Crippen LogP contribution in [0.25, 0.3) is 11.1 Å². The number of carbonyl (C=O) groups is 2. The van der Waals surface area contributed by atoms with Crippen molar-refractivity contribution < 1.29 is 22.8 Å². The topological polar surface area (TPSA) is 53.5 Å². The maximum absolute atomic E-state index is 13.9. The average Bonchev–Trinajstić information content (AvgIpc) is 3.23. The zero-order valence-corrected chi connectivity index (χ0v) is 24.1. The van der Waals surface area contributed by atoms with Gasteiger partial charge in [0.25, 0.3) is 11.8 Å². The van der Waals surface area contributed by atoms with Gasteiger partial charge in [-0.2, -0.15) is 13.2 Å². The van der Waals surface area contributed by atoms with E-state index in [1.807, 2.05) is 42.4 Å². The van der Waals surface area contributed by atoms with Gasteiger partial charge in [0.1, 0.15) is 0 Å². The monoisotopic (exact) mass is 589 g/mol. The van der Waals surface area contributed by atoms with Crippen LogP contribution in [0.5, 0.6) is 0 Å². The van der Waals surface area contributed by atoms with E-state index in [0.717, 1.165) is 40.3 Å². The van der Waals surface area contributed by atoms with Crippen molar-refractivity contribution in [2.45, 2.75) is 43.8 Å². The maximum Gasteiger partial charge on any atom is 0.417 e. The Hall–Kier alpha value is -3.95. The van der Waals surface area contributed by atoms with E-state index in [4.69, 9.17) is 0 Å². The third-order valence-corrected chi connectivity index (χ3v) is 8.71. The fraction of sp³-hybridized carbons (Fsp3) is 0.242. The number of benzene rings is 3. The molecule has 1 aromatic heterocycles. The number of halogens is 3. The number of amides is 2. The van der Waals surface area contributed by atoms with E-state index >= 15 is 0 Å². The highest BCUT2D eigenvalue weighted by Gasteiger charge is 2.35. The van der Waals surface area contributed by atoms with Crippen LogP contribution in [0.3, 0.4) is 0 Å². The van der Waals surface area contributed by atoms with Crippen molar-refractivity contribution in [3.8, 4) is 11.1 Å². The Kier molecular flexibility index (Phi) is 8.80.